The minimum Gasteiger partial charge on any atom is -0.326 e. The summed E-state index contributed by atoms with van der Waals surface area (Å²) in [6.07, 6.45) is -0.0841. The fraction of sp³-hybridized carbons (Fsp3) is 0.263. The van der Waals surface area contributed by atoms with Gasteiger partial charge in [0.2, 0.25) is 21.8 Å². The molecule has 0 fully saturated rings. The quantitative estimate of drug-likeness (QED) is 0.817. The molecule has 0 saturated heterocycles. The zero-order chi connectivity index (χ0) is 20.6. The molecule has 0 aliphatic carbocycles. The van der Waals surface area contributed by atoms with Crippen LogP contribution in [0.2, 0.25) is 0 Å². The lowest BCUT2D eigenvalue weighted by Gasteiger charge is -2.25. The molecule has 9 heteroatoms. The number of rotatable bonds is 4. The third-order valence-corrected chi connectivity index (χ3v) is 6.54. The van der Waals surface area contributed by atoms with Crippen LogP contribution < -0.4 is 10.6 Å². The predicted octanol–water partition coefficient (Wildman–Crippen LogP) is 2.45. The van der Waals surface area contributed by atoms with Gasteiger partial charge in [-0.25, -0.2) is 17.1 Å². The molecule has 1 atom stereocenters. The van der Waals surface area contributed by atoms with Gasteiger partial charge < -0.3 is 10.6 Å². The highest BCUT2D eigenvalue weighted by Crippen LogP contribution is 2.34. The molecule has 28 heavy (non-hydrogen) atoms. The highest BCUT2D eigenvalue weighted by atomic mass is 32.2. The Labute approximate surface area is 162 Å². The summed E-state index contributed by atoms with van der Waals surface area (Å²) in [5.74, 6) is -2.19. The van der Waals surface area contributed by atoms with Crippen molar-refractivity contribution in [3.63, 3.8) is 0 Å². The number of anilines is 2. The van der Waals surface area contributed by atoms with Crippen LogP contribution in [0.3, 0.4) is 0 Å². The predicted molar refractivity (Wildman–Crippen MR) is 103 cm³/mol. The molecule has 0 bridgehead atoms. The second kappa shape index (κ2) is 7.33. The second-order valence-corrected chi connectivity index (χ2v) is 8.91. The summed E-state index contributed by atoms with van der Waals surface area (Å²) in [7, 11) is -0.822. The van der Waals surface area contributed by atoms with E-state index in [-0.39, 0.29) is 17.0 Å². The Morgan fingerprint density at radius 2 is 1.93 bits per heavy atom. The van der Waals surface area contributed by atoms with Crippen LogP contribution in [0.25, 0.3) is 0 Å². The summed E-state index contributed by atoms with van der Waals surface area (Å²) in [6.45, 7) is 1.66. The Bertz CT molecular complexity index is 1070. The van der Waals surface area contributed by atoms with E-state index < -0.39 is 33.6 Å². The Hall–Kier alpha value is -2.78. The third kappa shape index (κ3) is 3.76. The highest BCUT2D eigenvalue weighted by Gasteiger charge is 2.31. The lowest BCUT2D eigenvalue weighted by molar-refractivity contribution is -0.123. The van der Waals surface area contributed by atoms with Crippen molar-refractivity contribution in [3.05, 3.63) is 53.3 Å². The summed E-state index contributed by atoms with van der Waals surface area (Å²) in [6, 6.07) is 8.44. The molecule has 148 valence electrons. The van der Waals surface area contributed by atoms with Crippen LogP contribution in [0.15, 0.2) is 41.3 Å². The largest absolute Gasteiger partial charge is 0.326 e. The number of hydrogen-bond donors (Lipinski definition) is 2. The maximum atomic E-state index is 13.4. The van der Waals surface area contributed by atoms with Crippen molar-refractivity contribution in [1.29, 1.82) is 0 Å². The van der Waals surface area contributed by atoms with E-state index in [9.17, 15) is 22.4 Å². The van der Waals surface area contributed by atoms with Crippen molar-refractivity contribution in [2.45, 2.75) is 24.2 Å². The Kier molecular flexibility index (Phi) is 5.22. The number of hydrogen-bond acceptors (Lipinski definition) is 4. The smallest absolute Gasteiger partial charge is 0.242 e. The Morgan fingerprint density at radius 3 is 2.61 bits per heavy atom. The van der Waals surface area contributed by atoms with Crippen molar-refractivity contribution in [2.24, 2.45) is 0 Å². The van der Waals surface area contributed by atoms with Gasteiger partial charge in [-0.05, 0) is 42.3 Å². The fourth-order valence-electron chi connectivity index (χ4n) is 3.05. The van der Waals surface area contributed by atoms with E-state index in [0.717, 1.165) is 4.31 Å². The van der Waals surface area contributed by atoms with Gasteiger partial charge in [-0.15, -0.1) is 0 Å². The average Bonchev–Trinajstić information content (AvgIpc) is 2.61. The maximum Gasteiger partial charge on any atom is 0.242 e. The lowest BCUT2D eigenvalue weighted by atomic mass is 9.89. The topological polar surface area (TPSA) is 95.6 Å². The molecule has 0 radical (unpaired) electrons. The number of nitrogens with zero attached hydrogens (tertiary/aromatic N) is 1. The van der Waals surface area contributed by atoms with Crippen molar-refractivity contribution < 1.29 is 22.4 Å². The average molecular weight is 405 g/mol. The summed E-state index contributed by atoms with van der Waals surface area (Å²) >= 11 is 0. The number of carbonyl (C=O) groups excluding carboxylic acids is 2. The molecule has 1 aliphatic heterocycles. The van der Waals surface area contributed by atoms with E-state index in [1.165, 1.54) is 38.4 Å². The van der Waals surface area contributed by atoms with E-state index in [2.05, 4.69) is 10.6 Å². The molecule has 3 rings (SSSR count). The van der Waals surface area contributed by atoms with Crippen molar-refractivity contribution >= 4 is 33.2 Å². The molecule has 2 aromatic carbocycles. The van der Waals surface area contributed by atoms with Gasteiger partial charge in [0.15, 0.2) is 0 Å². The standard InChI is InChI=1S/C19H20FN3O4S/c1-11-4-6-13(9-17(11)28(26,27)23(2)3)21-19(25)15-10-18(24)22-16-8-12(20)5-7-14(15)16/h4-9,15H,10H2,1-3H3,(H,21,25)(H,22,24). The van der Waals surface area contributed by atoms with Crippen LogP contribution >= 0.6 is 0 Å². The van der Waals surface area contributed by atoms with Gasteiger partial charge in [0.1, 0.15) is 5.82 Å². The van der Waals surface area contributed by atoms with E-state index in [4.69, 9.17) is 0 Å². The number of sulfonamides is 1. The first kappa shape index (κ1) is 20.0. The number of benzene rings is 2. The van der Waals surface area contributed by atoms with Crippen molar-refractivity contribution in [3.8, 4) is 0 Å². The van der Waals surface area contributed by atoms with Gasteiger partial charge in [-0.2, -0.15) is 0 Å². The molecule has 2 N–H and O–H groups in total. The fourth-order valence-corrected chi connectivity index (χ4v) is 4.20. The lowest BCUT2D eigenvalue weighted by Crippen LogP contribution is -2.31. The minimum atomic E-state index is -3.68. The zero-order valence-electron chi connectivity index (χ0n) is 15.6. The molecule has 1 heterocycles. The molecule has 0 aromatic heterocycles. The van der Waals surface area contributed by atoms with Crippen LogP contribution in [0.4, 0.5) is 15.8 Å². The molecule has 1 unspecified atom stereocenters. The summed E-state index contributed by atoms with van der Waals surface area (Å²) in [4.78, 5) is 24.8. The third-order valence-electron chi connectivity index (χ3n) is 4.59. The van der Waals surface area contributed by atoms with Crippen molar-refractivity contribution in [2.75, 3.05) is 24.7 Å². The molecular formula is C19H20FN3O4S. The Morgan fingerprint density at radius 1 is 1.21 bits per heavy atom. The van der Waals surface area contributed by atoms with Gasteiger partial charge in [-0.1, -0.05) is 12.1 Å². The monoisotopic (exact) mass is 405 g/mol. The van der Waals surface area contributed by atoms with Crippen LogP contribution in [-0.2, 0) is 19.6 Å². The molecule has 0 saturated carbocycles. The summed E-state index contributed by atoms with van der Waals surface area (Å²) < 4.78 is 39.4. The normalized spacial score (nSPS) is 16.5. The number of fused-ring (bicyclic) bond motifs is 1. The van der Waals surface area contributed by atoms with Gasteiger partial charge in [0.05, 0.1) is 10.8 Å². The molecule has 7 nitrogen and oxygen atoms in total. The number of nitrogens with one attached hydrogen (secondary N) is 2. The van der Waals surface area contributed by atoms with E-state index in [1.54, 1.807) is 19.1 Å². The Balaban J connectivity index is 1.92. The van der Waals surface area contributed by atoms with E-state index >= 15 is 0 Å². The number of aryl methyl sites for hydroxylation is 1. The zero-order valence-corrected chi connectivity index (χ0v) is 16.4. The van der Waals surface area contributed by atoms with Gasteiger partial charge in [0.25, 0.3) is 0 Å². The van der Waals surface area contributed by atoms with Gasteiger partial charge >= 0.3 is 0 Å². The second-order valence-electron chi connectivity index (χ2n) is 6.79. The van der Waals surface area contributed by atoms with Crippen molar-refractivity contribution in [1.82, 2.24) is 4.31 Å². The number of carbonyl (C=O) groups is 2. The molecule has 0 spiro atoms. The number of halogens is 1. The minimum absolute atomic E-state index is 0.0826. The van der Waals surface area contributed by atoms with Crippen LogP contribution in [-0.4, -0.2) is 38.6 Å². The highest BCUT2D eigenvalue weighted by molar-refractivity contribution is 7.89. The van der Waals surface area contributed by atoms with E-state index in [1.807, 2.05) is 0 Å². The molecular weight excluding hydrogens is 385 g/mol. The maximum absolute atomic E-state index is 13.4. The first-order valence-corrected chi connectivity index (χ1v) is 9.97. The van der Waals surface area contributed by atoms with E-state index in [0.29, 0.717) is 16.8 Å². The van der Waals surface area contributed by atoms with Crippen LogP contribution in [0.5, 0.6) is 0 Å². The van der Waals surface area contributed by atoms with Crippen LogP contribution in [0, 0.1) is 12.7 Å². The molecule has 1 aliphatic rings. The first-order valence-electron chi connectivity index (χ1n) is 8.53. The molecule has 2 amide bonds. The summed E-state index contributed by atoms with van der Waals surface area (Å²) in [5, 5.41) is 5.23. The number of amides is 2. The van der Waals surface area contributed by atoms with Gasteiger partial charge in [0, 0.05) is 31.9 Å². The van der Waals surface area contributed by atoms with Gasteiger partial charge in [-0.3, -0.25) is 9.59 Å². The summed E-state index contributed by atoms with van der Waals surface area (Å²) in [5.41, 5.74) is 1.61. The first-order chi connectivity index (χ1) is 13.1. The SMILES string of the molecule is Cc1ccc(NC(=O)C2CC(=O)Nc3cc(F)ccc32)cc1S(=O)(=O)N(C)C. The molecule has 2 aromatic rings. The van der Waals surface area contributed by atoms with Crippen LogP contribution in [0.1, 0.15) is 23.5 Å².